The van der Waals surface area contributed by atoms with Crippen molar-refractivity contribution >= 4 is 11.8 Å². The average Bonchev–Trinajstić information content (AvgIpc) is 3.06. The number of nitrogens with zero attached hydrogens (tertiary/aromatic N) is 2. The molecule has 0 aliphatic heterocycles. The van der Waals surface area contributed by atoms with Crippen molar-refractivity contribution in [3.8, 4) is 11.6 Å². The highest BCUT2D eigenvalue weighted by molar-refractivity contribution is 5.99. The Labute approximate surface area is 176 Å². The van der Waals surface area contributed by atoms with Gasteiger partial charge in [-0.2, -0.15) is 0 Å². The van der Waals surface area contributed by atoms with Crippen LogP contribution in [0.2, 0.25) is 0 Å². The molecule has 0 amide bonds. The third-order valence-corrected chi connectivity index (χ3v) is 4.85. The van der Waals surface area contributed by atoms with Gasteiger partial charge in [0.25, 0.3) is 0 Å². The lowest BCUT2D eigenvalue weighted by molar-refractivity contribution is -0.142. The van der Waals surface area contributed by atoms with E-state index in [1.807, 2.05) is 67.8 Å². The molecule has 6 nitrogen and oxygen atoms in total. The van der Waals surface area contributed by atoms with Gasteiger partial charge < -0.3 is 14.0 Å². The molecule has 2 aromatic heterocycles. The van der Waals surface area contributed by atoms with E-state index < -0.39 is 5.97 Å². The van der Waals surface area contributed by atoms with E-state index in [-0.39, 0.29) is 18.8 Å². The molecule has 3 rings (SSSR count). The number of Topliss-reactive ketones (excluding diaryl/α,β-unsaturated/α-hetero) is 1. The Balaban J connectivity index is 1.59. The van der Waals surface area contributed by atoms with Crippen LogP contribution in [0.15, 0.2) is 54.7 Å². The molecule has 3 aromatic rings. The number of pyridine rings is 1. The number of rotatable bonds is 9. The molecule has 156 valence electrons. The fraction of sp³-hybridized carbons (Fsp3) is 0.292. The Morgan fingerprint density at radius 3 is 2.57 bits per heavy atom. The zero-order valence-electron chi connectivity index (χ0n) is 17.6. The Kier molecular flexibility index (Phi) is 7.01. The van der Waals surface area contributed by atoms with Crippen LogP contribution in [-0.2, 0) is 16.0 Å². The Morgan fingerprint density at radius 2 is 1.83 bits per heavy atom. The van der Waals surface area contributed by atoms with Crippen LogP contribution in [-0.4, -0.2) is 34.5 Å². The van der Waals surface area contributed by atoms with Gasteiger partial charge in [0.2, 0.25) is 5.78 Å². The molecule has 1 aromatic carbocycles. The SMILES string of the molecule is CCOc1ccccc1CCC(=O)OCC(=O)c1cc(C)n(-c2ccccn2)c1C. The van der Waals surface area contributed by atoms with Crippen molar-refractivity contribution in [1.29, 1.82) is 0 Å². The summed E-state index contributed by atoms with van der Waals surface area (Å²) in [6, 6.07) is 15.0. The lowest BCUT2D eigenvalue weighted by Crippen LogP contribution is -2.15. The van der Waals surface area contributed by atoms with Gasteiger partial charge in [0.05, 0.1) is 6.61 Å². The standard InChI is InChI=1S/C24H26N2O4/c1-4-29-22-10-6-5-9-19(22)12-13-24(28)30-16-21(27)20-15-17(2)26(18(20)3)23-11-7-8-14-25-23/h5-11,14-15H,4,12-13,16H2,1-3H3. The van der Waals surface area contributed by atoms with Crippen LogP contribution in [0.5, 0.6) is 5.75 Å². The number of para-hydroxylation sites is 1. The normalized spacial score (nSPS) is 10.6. The molecule has 0 aliphatic rings. The lowest BCUT2D eigenvalue weighted by Gasteiger charge is -2.10. The van der Waals surface area contributed by atoms with Gasteiger partial charge in [0.1, 0.15) is 11.6 Å². The quantitative estimate of drug-likeness (QED) is 0.393. The third-order valence-electron chi connectivity index (χ3n) is 4.85. The summed E-state index contributed by atoms with van der Waals surface area (Å²) in [6.07, 6.45) is 2.39. The largest absolute Gasteiger partial charge is 0.494 e. The van der Waals surface area contributed by atoms with Gasteiger partial charge in [0, 0.05) is 29.6 Å². The molecule has 0 saturated heterocycles. The predicted octanol–water partition coefficient (Wildman–Crippen LogP) is 4.25. The molecule has 6 heteroatoms. The van der Waals surface area contributed by atoms with Crippen LogP contribution >= 0.6 is 0 Å². The van der Waals surface area contributed by atoms with E-state index in [0.717, 1.165) is 28.5 Å². The Bertz CT molecular complexity index is 1020. The monoisotopic (exact) mass is 406 g/mol. The van der Waals surface area contributed by atoms with Crippen LogP contribution in [0, 0.1) is 13.8 Å². The lowest BCUT2D eigenvalue weighted by atomic mass is 10.1. The maximum Gasteiger partial charge on any atom is 0.306 e. The maximum absolute atomic E-state index is 12.6. The van der Waals surface area contributed by atoms with Crippen molar-refractivity contribution in [2.75, 3.05) is 13.2 Å². The smallest absolute Gasteiger partial charge is 0.306 e. The highest BCUT2D eigenvalue weighted by atomic mass is 16.5. The second-order valence-electron chi connectivity index (χ2n) is 6.93. The minimum atomic E-state index is -0.409. The number of ketones is 1. The maximum atomic E-state index is 12.6. The predicted molar refractivity (Wildman–Crippen MR) is 114 cm³/mol. The van der Waals surface area contributed by atoms with Crippen LogP contribution in [0.4, 0.5) is 0 Å². The second-order valence-corrected chi connectivity index (χ2v) is 6.93. The second kappa shape index (κ2) is 9.87. The number of ether oxygens (including phenoxy) is 2. The fourth-order valence-electron chi connectivity index (χ4n) is 3.42. The van der Waals surface area contributed by atoms with Crippen molar-refractivity contribution in [2.45, 2.75) is 33.6 Å². The molecule has 30 heavy (non-hydrogen) atoms. The van der Waals surface area contributed by atoms with Crippen LogP contribution in [0.25, 0.3) is 5.82 Å². The summed E-state index contributed by atoms with van der Waals surface area (Å²) in [4.78, 5) is 29.2. The summed E-state index contributed by atoms with van der Waals surface area (Å²) in [5.74, 6) is 0.879. The van der Waals surface area contributed by atoms with Gasteiger partial charge in [0.15, 0.2) is 6.61 Å². The number of hydrogen-bond acceptors (Lipinski definition) is 5. The van der Waals surface area contributed by atoms with Gasteiger partial charge in [-0.1, -0.05) is 24.3 Å². The van der Waals surface area contributed by atoms with E-state index in [4.69, 9.17) is 9.47 Å². The number of carbonyl (C=O) groups excluding carboxylic acids is 2. The van der Waals surface area contributed by atoms with E-state index in [2.05, 4.69) is 4.98 Å². The summed E-state index contributed by atoms with van der Waals surface area (Å²) in [6.45, 7) is 5.98. The minimum absolute atomic E-state index is 0.185. The third kappa shape index (κ3) is 4.95. The first kappa shape index (κ1) is 21.3. The van der Waals surface area contributed by atoms with Gasteiger partial charge in [-0.25, -0.2) is 4.98 Å². The van der Waals surface area contributed by atoms with Gasteiger partial charge in [-0.15, -0.1) is 0 Å². The molecule has 0 N–H and O–H groups in total. The number of aryl methyl sites for hydroxylation is 2. The molecule has 0 bridgehead atoms. The van der Waals surface area contributed by atoms with Crippen LogP contribution in [0.3, 0.4) is 0 Å². The van der Waals surface area contributed by atoms with Crippen molar-refractivity contribution in [1.82, 2.24) is 9.55 Å². The zero-order valence-corrected chi connectivity index (χ0v) is 17.6. The van der Waals surface area contributed by atoms with Crippen molar-refractivity contribution < 1.29 is 19.1 Å². The molecule has 0 atom stereocenters. The number of esters is 1. The molecule has 0 aliphatic carbocycles. The van der Waals surface area contributed by atoms with Gasteiger partial charge in [-0.3, -0.25) is 9.59 Å². The summed E-state index contributed by atoms with van der Waals surface area (Å²) in [5, 5.41) is 0. The van der Waals surface area contributed by atoms with E-state index in [1.165, 1.54) is 0 Å². The Hall–Kier alpha value is -3.41. The van der Waals surface area contributed by atoms with E-state index in [1.54, 1.807) is 12.3 Å². The van der Waals surface area contributed by atoms with Gasteiger partial charge in [-0.05, 0) is 57.0 Å². The average molecular weight is 406 g/mol. The van der Waals surface area contributed by atoms with E-state index >= 15 is 0 Å². The van der Waals surface area contributed by atoms with E-state index in [0.29, 0.717) is 18.6 Å². The number of carbonyl (C=O) groups is 2. The first-order chi connectivity index (χ1) is 14.5. The zero-order chi connectivity index (χ0) is 21.5. The van der Waals surface area contributed by atoms with E-state index in [9.17, 15) is 9.59 Å². The first-order valence-electron chi connectivity index (χ1n) is 10.0. The molecule has 0 fully saturated rings. The molecular formula is C24H26N2O4. The topological polar surface area (TPSA) is 70.4 Å². The summed E-state index contributed by atoms with van der Waals surface area (Å²) in [5.41, 5.74) is 3.15. The fourth-order valence-corrected chi connectivity index (χ4v) is 3.42. The molecule has 0 unspecified atom stereocenters. The summed E-state index contributed by atoms with van der Waals surface area (Å²) < 4.78 is 12.7. The van der Waals surface area contributed by atoms with Gasteiger partial charge >= 0.3 is 5.97 Å². The minimum Gasteiger partial charge on any atom is -0.494 e. The molecule has 0 spiro atoms. The Morgan fingerprint density at radius 1 is 1.07 bits per heavy atom. The van der Waals surface area contributed by atoms with Crippen molar-refractivity contribution in [2.24, 2.45) is 0 Å². The van der Waals surface area contributed by atoms with Crippen molar-refractivity contribution in [3.63, 3.8) is 0 Å². The molecule has 0 radical (unpaired) electrons. The molecule has 2 heterocycles. The number of benzene rings is 1. The number of hydrogen-bond donors (Lipinski definition) is 0. The highest BCUT2D eigenvalue weighted by Gasteiger charge is 2.18. The molecule has 0 saturated carbocycles. The first-order valence-corrected chi connectivity index (χ1v) is 10.0. The number of aromatic nitrogens is 2. The molecular weight excluding hydrogens is 380 g/mol. The van der Waals surface area contributed by atoms with Crippen molar-refractivity contribution in [3.05, 3.63) is 77.2 Å². The summed E-state index contributed by atoms with van der Waals surface area (Å²) >= 11 is 0. The summed E-state index contributed by atoms with van der Waals surface area (Å²) in [7, 11) is 0. The van der Waals surface area contributed by atoms with Crippen LogP contribution < -0.4 is 4.74 Å². The van der Waals surface area contributed by atoms with Crippen LogP contribution in [0.1, 0.15) is 40.7 Å². The highest BCUT2D eigenvalue weighted by Crippen LogP contribution is 2.21.